The van der Waals surface area contributed by atoms with Gasteiger partial charge in [-0.05, 0) is 6.92 Å². The van der Waals surface area contributed by atoms with Crippen LogP contribution in [0, 0.1) is 5.92 Å². The smallest absolute Gasteiger partial charge is 0.303 e. The Morgan fingerprint density at radius 1 is 0.857 bits per heavy atom. The number of fused-ring (bicyclic) bond motifs is 1. The molecule has 0 amide bonds. The van der Waals surface area contributed by atoms with Gasteiger partial charge >= 0.3 is 29.8 Å². The molecule has 42 heavy (non-hydrogen) atoms. The molecule has 2 aliphatic heterocycles. The number of carbonyl (C=O) groups is 6. The lowest BCUT2D eigenvalue weighted by molar-refractivity contribution is -0.353. The van der Waals surface area contributed by atoms with Crippen molar-refractivity contribution in [1.82, 2.24) is 0 Å². The standard InChI is InChI=1S/C26H34O16/c1-11(28)35-10-17-19(38-13(3)30)20(39-14(4)31)21(40-15(5)32)23(41-17)42-24-22-25(6,33)18(37-12(2)29)7-26(22,34)16(8-27)9-36-24/h8-9,17-24,33-34H,7,10H2,1-6H3. The van der Waals surface area contributed by atoms with Crippen molar-refractivity contribution in [3.05, 3.63) is 11.8 Å². The van der Waals surface area contributed by atoms with Crippen LogP contribution in [-0.4, -0.2) is 107 Å². The minimum Gasteiger partial charge on any atom is -0.471 e. The minimum atomic E-state index is -2.12. The zero-order chi connectivity index (χ0) is 31.6. The highest BCUT2D eigenvalue weighted by atomic mass is 16.8. The monoisotopic (exact) mass is 602 g/mol. The zero-order valence-corrected chi connectivity index (χ0v) is 23.8. The van der Waals surface area contributed by atoms with Crippen LogP contribution in [0.2, 0.25) is 0 Å². The Kier molecular flexibility index (Phi) is 9.97. The number of aldehydes is 1. The summed E-state index contributed by atoms with van der Waals surface area (Å²) in [5.74, 6) is -5.58. The van der Waals surface area contributed by atoms with Crippen molar-refractivity contribution >= 4 is 36.1 Å². The predicted molar refractivity (Wildman–Crippen MR) is 131 cm³/mol. The van der Waals surface area contributed by atoms with E-state index in [4.69, 9.17) is 37.9 Å². The van der Waals surface area contributed by atoms with E-state index in [2.05, 4.69) is 0 Å². The van der Waals surface area contributed by atoms with Gasteiger partial charge in [-0.3, -0.25) is 28.8 Å². The highest BCUT2D eigenvalue weighted by Gasteiger charge is 2.68. The molecule has 0 aromatic heterocycles. The van der Waals surface area contributed by atoms with E-state index >= 15 is 0 Å². The molecule has 2 N–H and O–H groups in total. The maximum Gasteiger partial charge on any atom is 0.303 e. The Labute approximate surface area is 240 Å². The fourth-order valence-electron chi connectivity index (χ4n) is 5.45. The fraction of sp³-hybridized carbons (Fsp3) is 0.692. The van der Waals surface area contributed by atoms with E-state index in [1.807, 2.05) is 0 Å². The van der Waals surface area contributed by atoms with Gasteiger partial charge in [-0.15, -0.1) is 0 Å². The third kappa shape index (κ3) is 6.88. The number of hydrogen-bond acceptors (Lipinski definition) is 16. The van der Waals surface area contributed by atoms with Crippen LogP contribution in [0.5, 0.6) is 0 Å². The number of rotatable bonds is 9. The van der Waals surface area contributed by atoms with E-state index in [1.54, 1.807) is 0 Å². The first kappa shape index (κ1) is 32.9. The van der Waals surface area contributed by atoms with Gasteiger partial charge < -0.3 is 48.1 Å². The van der Waals surface area contributed by atoms with Crippen LogP contribution in [0.25, 0.3) is 0 Å². The van der Waals surface area contributed by atoms with E-state index in [9.17, 15) is 39.0 Å². The Hall–Kier alpha value is -3.60. The molecule has 2 fully saturated rings. The average molecular weight is 603 g/mol. The molecule has 0 radical (unpaired) electrons. The summed E-state index contributed by atoms with van der Waals surface area (Å²) in [5, 5.41) is 23.0. The lowest BCUT2D eigenvalue weighted by Crippen LogP contribution is -2.64. The third-order valence-electron chi connectivity index (χ3n) is 7.05. The van der Waals surface area contributed by atoms with Crippen LogP contribution in [-0.2, 0) is 66.7 Å². The molecule has 16 nitrogen and oxygen atoms in total. The molecule has 1 saturated carbocycles. The summed E-state index contributed by atoms with van der Waals surface area (Å²) in [6, 6.07) is 0. The summed E-state index contributed by atoms with van der Waals surface area (Å²) in [5.41, 5.74) is -4.44. The molecule has 2 heterocycles. The highest BCUT2D eigenvalue weighted by molar-refractivity contribution is 5.77. The van der Waals surface area contributed by atoms with Gasteiger partial charge in [0.1, 0.15) is 30.0 Å². The van der Waals surface area contributed by atoms with Crippen molar-refractivity contribution in [3.8, 4) is 0 Å². The van der Waals surface area contributed by atoms with E-state index in [-0.39, 0.29) is 5.57 Å². The first-order valence-electron chi connectivity index (χ1n) is 12.9. The fourth-order valence-corrected chi connectivity index (χ4v) is 5.45. The molecule has 0 bridgehead atoms. The second kappa shape index (κ2) is 12.7. The normalized spacial score (nSPS) is 37.2. The summed E-state index contributed by atoms with van der Waals surface area (Å²) >= 11 is 0. The largest absolute Gasteiger partial charge is 0.471 e. The Bertz CT molecular complexity index is 1130. The van der Waals surface area contributed by atoms with Crippen LogP contribution < -0.4 is 0 Å². The van der Waals surface area contributed by atoms with E-state index in [0.717, 1.165) is 40.9 Å². The second-order valence-electron chi connectivity index (χ2n) is 10.3. The second-order valence-corrected chi connectivity index (χ2v) is 10.3. The van der Waals surface area contributed by atoms with Crippen molar-refractivity contribution in [2.75, 3.05) is 6.61 Å². The van der Waals surface area contributed by atoms with Crippen molar-refractivity contribution in [2.24, 2.45) is 5.92 Å². The van der Waals surface area contributed by atoms with Crippen LogP contribution in [0.3, 0.4) is 0 Å². The Balaban J connectivity index is 2.07. The number of esters is 5. The summed E-state index contributed by atoms with van der Waals surface area (Å²) in [6.45, 7) is 6.06. The molecule has 1 saturated heterocycles. The third-order valence-corrected chi connectivity index (χ3v) is 7.05. The Morgan fingerprint density at radius 3 is 1.93 bits per heavy atom. The molecular weight excluding hydrogens is 568 g/mol. The quantitative estimate of drug-likeness (QED) is 0.183. The van der Waals surface area contributed by atoms with Gasteiger partial charge in [-0.1, -0.05) is 0 Å². The molecule has 1 aliphatic carbocycles. The summed E-state index contributed by atoms with van der Waals surface area (Å²) in [6.07, 6.45) is -9.89. The first-order chi connectivity index (χ1) is 19.5. The van der Waals surface area contributed by atoms with Crippen LogP contribution >= 0.6 is 0 Å². The van der Waals surface area contributed by atoms with Crippen molar-refractivity contribution < 1.29 is 76.9 Å². The molecule has 10 atom stereocenters. The lowest BCUT2D eigenvalue weighted by Gasteiger charge is -2.47. The molecule has 0 aromatic carbocycles. The first-order valence-corrected chi connectivity index (χ1v) is 12.9. The summed E-state index contributed by atoms with van der Waals surface area (Å²) in [4.78, 5) is 71.2. The van der Waals surface area contributed by atoms with Gasteiger partial charge in [0.05, 0.1) is 17.8 Å². The van der Waals surface area contributed by atoms with Gasteiger partial charge in [0, 0.05) is 41.0 Å². The average Bonchev–Trinajstić information content (AvgIpc) is 3.05. The number of ether oxygens (including phenoxy) is 8. The molecule has 3 rings (SSSR count). The number of carbonyl (C=O) groups excluding carboxylic acids is 6. The predicted octanol–water partition coefficient (Wildman–Crippen LogP) is -1.04. The molecule has 234 valence electrons. The number of hydrogen-bond donors (Lipinski definition) is 2. The molecular formula is C26H34O16. The van der Waals surface area contributed by atoms with Gasteiger partial charge in [0.2, 0.25) is 12.6 Å². The van der Waals surface area contributed by atoms with Gasteiger partial charge in [0.15, 0.2) is 24.6 Å². The zero-order valence-electron chi connectivity index (χ0n) is 23.8. The van der Waals surface area contributed by atoms with Gasteiger partial charge in [0.25, 0.3) is 0 Å². The molecule has 0 spiro atoms. The van der Waals surface area contributed by atoms with E-state index < -0.39 is 103 Å². The van der Waals surface area contributed by atoms with Gasteiger partial charge in [-0.2, -0.15) is 0 Å². The van der Waals surface area contributed by atoms with E-state index in [0.29, 0.717) is 6.29 Å². The lowest BCUT2D eigenvalue weighted by atomic mass is 9.78. The van der Waals surface area contributed by atoms with Crippen molar-refractivity contribution in [3.63, 3.8) is 0 Å². The van der Waals surface area contributed by atoms with Crippen LogP contribution in [0.4, 0.5) is 0 Å². The topological polar surface area (TPSA) is 217 Å². The van der Waals surface area contributed by atoms with Crippen LogP contribution in [0.1, 0.15) is 48.0 Å². The minimum absolute atomic E-state index is 0.274. The highest BCUT2D eigenvalue weighted by Crippen LogP contribution is 2.53. The molecule has 3 aliphatic rings. The molecule has 10 unspecified atom stereocenters. The van der Waals surface area contributed by atoms with Crippen molar-refractivity contribution in [1.29, 1.82) is 0 Å². The Morgan fingerprint density at radius 2 is 1.40 bits per heavy atom. The number of aliphatic hydroxyl groups is 2. The SMILES string of the molecule is CC(=O)OCC1OC(OC2OC=C(C=O)C3(O)CC(OC(C)=O)C(C)(O)C23)C(OC(C)=O)C(OC(C)=O)C1OC(C)=O. The maximum absolute atomic E-state index is 12.1. The van der Waals surface area contributed by atoms with E-state index in [1.165, 1.54) is 6.92 Å². The van der Waals surface area contributed by atoms with Crippen molar-refractivity contribution in [2.45, 2.75) is 102 Å². The molecule has 16 heteroatoms. The summed E-state index contributed by atoms with van der Waals surface area (Å²) in [7, 11) is 0. The van der Waals surface area contributed by atoms with Gasteiger partial charge in [-0.25, -0.2) is 0 Å². The molecule has 0 aromatic rings. The maximum atomic E-state index is 12.1. The van der Waals surface area contributed by atoms with Crippen LogP contribution in [0.15, 0.2) is 11.8 Å². The summed E-state index contributed by atoms with van der Waals surface area (Å²) < 4.78 is 43.8.